The van der Waals surface area contributed by atoms with E-state index in [-0.39, 0.29) is 5.91 Å². The third-order valence-electron chi connectivity index (χ3n) is 5.08. The van der Waals surface area contributed by atoms with Crippen molar-refractivity contribution in [3.05, 3.63) is 48.0 Å². The quantitative estimate of drug-likeness (QED) is 0.831. The molecule has 1 aromatic heterocycles. The number of rotatable bonds is 5. The minimum absolute atomic E-state index is 0.215. The van der Waals surface area contributed by atoms with Gasteiger partial charge in [0.1, 0.15) is 12.7 Å². The zero-order valence-corrected chi connectivity index (χ0v) is 15.4. The number of aryl methyl sites for hydroxylation is 1. The Bertz CT molecular complexity index is 685. The second-order valence-corrected chi connectivity index (χ2v) is 7.28. The molecule has 1 fully saturated rings. The van der Waals surface area contributed by atoms with E-state index in [1.165, 1.54) is 5.56 Å². The lowest BCUT2D eigenvalue weighted by Gasteiger charge is -2.38. The first-order valence-electron chi connectivity index (χ1n) is 8.88. The van der Waals surface area contributed by atoms with E-state index >= 15 is 0 Å². The lowest BCUT2D eigenvalue weighted by molar-refractivity contribution is -0.138. The maximum atomic E-state index is 13.0. The Morgan fingerprint density at radius 1 is 1.08 bits per heavy atom. The molecule has 6 nitrogen and oxygen atoms in total. The molecule has 2 aromatic rings. The number of aromatic nitrogens is 3. The first kappa shape index (κ1) is 17.6. The standard InChI is InChI=1S/C19H27N5O/c1-16-4-6-17(7-5-16)19(2,3)18(25)23-11-8-22(9-12-23)10-13-24-15-20-14-21-24/h4-7,14-15H,8-13H2,1-3H3. The van der Waals surface area contributed by atoms with Crippen molar-refractivity contribution in [1.82, 2.24) is 24.6 Å². The summed E-state index contributed by atoms with van der Waals surface area (Å²) < 4.78 is 1.85. The van der Waals surface area contributed by atoms with E-state index in [1.807, 2.05) is 23.4 Å². The third kappa shape index (κ3) is 4.07. The van der Waals surface area contributed by atoms with Crippen LogP contribution in [0.15, 0.2) is 36.9 Å². The molecule has 1 amide bonds. The van der Waals surface area contributed by atoms with Gasteiger partial charge in [0.25, 0.3) is 0 Å². The molecular formula is C19H27N5O. The van der Waals surface area contributed by atoms with Crippen LogP contribution in [0.25, 0.3) is 0 Å². The fraction of sp³-hybridized carbons (Fsp3) is 0.526. The molecule has 0 N–H and O–H groups in total. The van der Waals surface area contributed by atoms with Gasteiger partial charge < -0.3 is 4.90 Å². The highest BCUT2D eigenvalue weighted by molar-refractivity contribution is 5.87. The number of carbonyl (C=O) groups is 1. The zero-order valence-electron chi connectivity index (χ0n) is 15.4. The highest BCUT2D eigenvalue weighted by Gasteiger charge is 2.35. The maximum Gasteiger partial charge on any atom is 0.232 e. The predicted molar refractivity (Wildman–Crippen MR) is 97.2 cm³/mol. The van der Waals surface area contributed by atoms with Crippen molar-refractivity contribution in [2.45, 2.75) is 32.7 Å². The van der Waals surface area contributed by atoms with Gasteiger partial charge in [-0.05, 0) is 26.3 Å². The van der Waals surface area contributed by atoms with Crippen molar-refractivity contribution < 1.29 is 4.79 Å². The molecule has 1 aromatic carbocycles. The van der Waals surface area contributed by atoms with E-state index in [9.17, 15) is 4.79 Å². The monoisotopic (exact) mass is 341 g/mol. The van der Waals surface area contributed by atoms with Crippen LogP contribution >= 0.6 is 0 Å². The SMILES string of the molecule is Cc1ccc(C(C)(C)C(=O)N2CCN(CCn3cncn3)CC2)cc1. The van der Waals surface area contributed by atoms with Crippen molar-refractivity contribution in [3.8, 4) is 0 Å². The molecule has 1 aliphatic rings. The van der Waals surface area contributed by atoms with Crippen molar-refractivity contribution >= 4 is 5.91 Å². The van der Waals surface area contributed by atoms with Crippen molar-refractivity contribution in [3.63, 3.8) is 0 Å². The minimum Gasteiger partial charge on any atom is -0.339 e. The number of piperazine rings is 1. The fourth-order valence-corrected chi connectivity index (χ4v) is 3.26. The van der Waals surface area contributed by atoms with Crippen LogP contribution in [0.3, 0.4) is 0 Å². The Kier molecular flexibility index (Phi) is 5.18. The molecule has 134 valence electrons. The summed E-state index contributed by atoms with van der Waals surface area (Å²) in [6.45, 7) is 11.3. The van der Waals surface area contributed by atoms with Crippen LogP contribution in [0.5, 0.6) is 0 Å². The molecule has 0 saturated carbocycles. The van der Waals surface area contributed by atoms with Crippen LogP contribution in [0, 0.1) is 6.92 Å². The maximum absolute atomic E-state index is 13.0. The van der Waals surface area contributed by atoms with Gasteiger partial charge >= 0.3 is 0 Å². The molecular weight excluding hydrogens is 314 g/mol. The lowest BCUT2D eigenvalue weighted by Crippen LogP contribution is -2.53. The summed E-state index contributed by atoms with van der Waals surface area (Å²) in [5.74, 6) is 0.215. The largest absolute Gasteiger partial charge is 0.339 e. The zero-order chi connectivity index (χ0) is 17.9. The first-order valence-corrected chi connectivity index (χ1v) is 8.88. The van der Waals surface area contributed by atoms with Crippen LogP contribution in [-0.4, -0.2) is 63.2 Å². The van der Waals surface area contributed by atoms with Crippen molar-refractivity contribution in [2.24, 2.45) is 0 Å². The normalized spacial score (nSPS) is 16.2. The van der Waals surface area contributed by atoms with Crippen molar-refractivity contribution in [1.29, 1.82) is 0 Å². The number of amides is 1. The number of carbonyl (C=O) groups excluding carboxylic acids is 1. The Morgan fingerprint density at radius 2 is 1.76 bits per heavy atom. The van der Waals surface area contributed by atoms with Gasteiger partial charge in [-0.1, -0.05) is 29.8 Å². The molecule has 6 heteroatoms. The first-order chi connectivity index (χ1) is 12.0. The number of hydrogen-bond acceptors (Lipinski definition) is 4. The second-order valence-electron chi connectivity index (χ2n) is 7.28. The molecule has 0 unspecified atom stereocenters. The van der Waals surface area contributed by atoms with E-state index in [1.54, 1.807) is 12.7 Å². The smallest absolute Gasteiger partial charge is 0.232 e. The van der Waals surface area contributed by atoms with E-state index in [2.05, 4.69) is 46.2 Å². The third-order valence-corrected chi connectivity index (χ3v) is 5.08. The summed E-state index contributed by atoms with van der Waals surface area (Å²) >= 11 is 0. The molecule has 3 rings (SSSR count). The van der Waals surface area contributed by atoms with Crippen LogP contribution < -0.4 is 0 Å². The lowest BCUT2D eigenvalue weighted by atomic mass is 9.82. The van der Waals surface area contributed by atoms with Gasteiger partial charge in [-0.15, -0.1) is 0 Å². The van der Waals surface area contributed by atoms with E-state index < -0.39 is 5.41 Å². The molecule has 1 aliphatic heterocycles. The highest BCUT2D eigenvalue weighted by atomic mass is 16.2. The Labute approximate surface area is 149 Å². The summed E-state index contributed by atoms with van der Waals surface area (Å²) in [5.41, 5.74) is 1.81. The van der Waals surface area contributed by atoms with Gasteiger partial charge in [0.05, 0.1) is 12.0 Å². The average Bonchev–Trinajstić information content (AvgIpc) is 3.14. The second kappa shape index (κ2) is 7.35. The van der Waals surface area contributed by atoms with E-state index in [0.717, 1.165) is 44.8 Å². The summed E-state index contributed by atoms with van der Waals surface area (Å²) in [5, 5.41) is 4.13. The average molecular weight is 341 g/mol. The Hall–Kier alpha value is -2.21. The van der Waals surface area contributed by atoms with Gasteiger partial charge in [0.15, 0.2) is 0 Å². The molecule has 1 saturated heterocycles. The van der Waals surface area contributed by atoms with E-state index in [0.29, 0.717) is 0 Å². The van der Waals surface area contributed by atoms with Gasteiger partial charge in [0, 0.05) is 32.7 Å². The number of hydrogen-bond donors (Lipinski definition) is 0. The van der Waals surface area contributed by atoms with Crippen LogP contribution in [0.4, 0.5) is 0 Å². The van der Waals surface area contributed by atoms with Gasteiger partial charge in [-0.2, -0.15) is 5.10 Å². The van der Waals surface area contributed by atoms with Crippen LogP contribution in [0.2, 0.25) is 0 Å². The number of benzene rings is 1. The van der Waals surface area contributed by atoms with Crippen LogP contribution in [-0.2, 0) is 16.8 Å². The minimum atomic E-state index is -0.489. The summed E-state index contributed by atoms with van der Waals surface area (Å²) in [6, 6.07) is 8.29. The van der Waals surface area contributed by atoms with Gasteiger partial charge in [-0.3, -0.25) is 14.4 Å². The summed E-state index contributed by atoms with van der Waals surface area (Å²) in [4.78, 5) is 21.4. The molecule has 0 aliphatic carbocycles. The fourth-order valence-electron chi connectivity index (χ4n) is 3.26. The molecule has 0 radical (unpaired) electrons. The Morgan fingerprint density at radius 3 is 2.36 bits per heavy atom. The van der Waals surface area contributed by atoms with Crippen molar-refractivity contribution in [2.75, 3.05) is 32.7 Å². The Balaban J connectivity index is 1.54. The molecule has 0 spiro atoms. The summed E-state index contributed by atoms with van der Waals surface area (Å²) in [7, 11) is 0. The summed E-state index contributed by atoms with van der Waals surface area (Å²) in [6.07, 6.45) is 3.30. The molecule has 0 bridgehead atoms. The van der Waals surface area contributed by atoms with E-state index in [4.69, 9.17) is 0 Å². The molecule has 0 atom stereocenters. The highest BCUT2D eigenvalue weighted by Crippen LogP contribution is 2.26. The van der Waals surface area contributed by atoms with Gasteiger partial charge in [0.2, 0.25) is 5.91 Å². The molecule has 25 heavy (non-hydrogen) atoms. The van der Waals surface area contributed by atoms with Crippen LogP contribution in [0.1, 0.15) is 25.0 Å². The van der Waals surface area contributed by atoms with Gasteiger partial charge in [-0.25, -0.2) is 4.98 Å². The number of nitrogens with zero attached hydrogens (tertiary/aromatic N) is 5. The predicted octanol–water partition coefficient (Wildman–Crippen LogP) is 1.71. The topological polar surface area (TPSA) is 54.3 Å². The molecule has 2 heterocycles.